The van der Waals surface area contributed by atoms with Crippen molar-refractivity contribution in [1.82, 2.24) is 19.2 Å². The highest BCUT2D eigenvalue weighted by atomic mass is 35.5. The molecule has 0 radical (unpaired) electrons. The average Bonchev–Trinajstić information content (AvgIpc) is 3.68. The van der Waals surface area contributed by atoms with Crippen LogP contribution in [0.1, 0.15) is 39.1 Å². The molecule has 6 aromatic rings. The fraction of sp³-hybridized carbons (Fsp3) is 0.219. The maximum Gasteiger partial charge on any atom is 0.324 e. The molecule has 11 heteroatoms. The summed E-state index contributed by atoms with van der Waals surface area (Å²) in [5.41, 5.74) is 4.13. The van der Waals surface area contributed by atoms with Crippen molar-refractivity contribution in [2.75, 3.05) is 17.7 Å². The molecular weight excluding hydrogens is 584 g/mol. The standard InChI is InChI=1S/C32H31ClN6O3S/c1-6-20-18-34-31-38(20)25-16-23(12-14-27(25)43-31)42-22-10-7-19(8-11-22)35-30(40)36-29-17-28(32(2,3)4)37-39(29)21-9-13-26(41-5)24(33)15-21/h7-18H,6H2,1-5H3,(H2,35,36,40). The third-order valence-corrected chi connectivity index (χ3v) is 8.32. The number of halogens is 1. The number of aromatic nitrogens is 4. The molecule has 6 rings (SSSR count). The Hall–Kier alpha value is -4.54. The van der Waals surface area contributed by atoms with Crippen LogP contribution >= 0.6 is 22.9 Å². The molecule has 2 amide bonds. The maximum absolute atomic E-state index is 13.1. The molecule has 3 aromatic carbocycles. The van der Waals surface area contributed by atoms with E-state index < -0.39 is 6.03 Å². The number of carbonyl (C=O) groups is 1. The van der Waals surface area contributed by atoms with Crippen molar-refractivity contribution < 1.29 is 14.3 Å². The van der Waals surface area contributed by atoms with Crippen LogP contribution in [-0.2, 0) is 11.8 Å². The number of amides is 2. The van der Waals surface area contributed by atoms with Crippen molar-refractivity contribution in [3.8, 4) is 22.9 Å². The quantitative estimate of drug-likeness (QED) is 0.188. The molecule has 220 valence electrons. The van der Waals surface area contributed by atoms with Crippen LogP contribution in [0.2, 0.25) is 5.02 Å². The molecule has 0 saturated heterocycles. The minimum atomic E-state index is -0.408. The van der Waals surface area contributed by atoms with E-state index in [1.54, 1.807) is 47.4 Å². The Morgan fingerprint density at radius 3 is 2.47 bits per heavy atom. The molecule has 0 spiro atoms. The lowest BCUT2D eigenvalue weighted by Gasteiger charge is -2.14. The number of hydrogen-bond acceptors (Lipinski definition) is 6. The van der Waals surface area contributed by atoms with E-state index in [-0.39, 0.29) is 5.41 Å². The Labute approximate surface area is 258 Å². The van der Waals surface area contributed by atoms with Gasteiger partial charge in [0.25, 0.3) is 0 Å². The zero-order valence-electron chi connectivity index (χ0n) is 24.4. The zero-order valence-corrected chi connectivity index (χ0v) is 26.0. The van der Waals surface area contributed by atoms with E-state index in [4.69, 9.17) is 26.2 Å². The zero-order chi connectivity index (χ0) is 30.3. The van der Waals surface area contributed by atoms with Crippen LogP contribution in [0, 0.1) is 0 Å². The number of methoxy groups -OCH3 is 1. The number of fused-ring (bicyclic) bond motifs is 3. The molecule has 0 bridgehead atoms. The van der Waals surface area contributed by atoms with Gasteiger partial charge in [0, 0.05) is 28.9 Å². The number of hydrogen-bond donors (Lipinski definition) is 2. The van der Waals surface area contributed by atoms with Gasteiger partial charge < -0.3 is 14.8 Å². The van der Waals surface area contributed by atoms with E-state index >= 15 is 0 Å². The Balaban J connectivity index is 1.17. The van der Waals surface area contributed by atoms with Crippen LogP contribution in [0.3, 0.4) is 0 Å². The Morgan fingerprint density at radius 1 is 1.00 bits per heavy atom. The first-order chi connectivity index (χ1) is 20.6. The number of carbonyl (C=O) groups excluding carboxylic acids is 1. The molecule has 2 N–H and O–H groups in total. The van der Waals surface area contributed by atoms with Gasteiger partial charge in [-0.2, -0.15) is 5.10 Å². The van der Waals surface area contributed by atoms with E-state index in [0.29, 0.717) is 33.7 Å². The topological polar surface area (TPSA) is 94.7 Å². The van der Waals surface area contributed by atoms with Crippen molar-refractivity contribution in [3.05, 3.63) is 89.3 Å². The molecular formula is C32H31ClN6O3S. The fourth-order valence-electron chi connectivity index (χ4n) is 4.71. The van der Waals surface area contributed by atoms with Gasteiger partial charge in [0.15, 0.2) is 4.96 Å². The highest BCUT2D eigenvalue weighted by Gasteiger charge is 2.22. The van der Waals surface area contributed by atoms with Crippen molar-refractivity contribution in [2.24, 2.45) is 0 Å². The normalized spacial score (nSPS) is 11.7. The second-order valence-electron chi connectivity index (χ2n) is 11.1. The molecule has 0 fully saturated rings. The first-order valence-corrected chi connectivity index (χ1v) is 15.0. The Kier molecular flexibility index (Phi) is 7.49. The summed E-state index contributed by atoms with van der Waals surface area (Å²) < 4.78 is 16.4. The molecule has 3 aromatic heterocycles. The van der Waals surface area contributed by atoms with Crippen LogP contribution in [0.4, 0.5) is 16.3 Å². The molecule has 3 heterocycles. The number of ether oxygens (including phenoxy) is 2. The number of rotatable bonds is 7. The number of urea groups is 1. The second-order valence-corrected chi connectivity index (χ2v) is 12.5. The molecule has 43 heavy (non-hydrogen) atoms. The van der Waals surface area contributed by atoms with Crippen LogP contribution < -0.4 is 20.1 Å². The molecule has 0 saturated carbocycles. The smallest absolute Gasteiger partial charge is 0.324 e. The molecule has 9 nitrogen and oxygen atoms in total. The second kappa shape index (κ2) is 11.3. The molecule has 0 aliphatic carbocycles. The summed E-state index contributed by atoms with van der Waals surface area (Å²) in [7, 11) is 1.56. The summed E-state index contributed by atoms with van der Waals surface area (Å²) in [4.78, 5) is 18.6. The van der Waals surface area contributed by atoms with Crippen molar-refractivity contribution in [2.45, 2.75) is 39.5 Å². The number of nitrogens with one attached hydrogen (secondary N) is 2. The lowest BCUT2D eigenvalue weighted by molar-refractivity contribution is 0.262. The predicted octanol–water partition coefficient (Wildman–Crippen LogP) is 8.69. The van der Waals surface area contributed by atoms with Gasteiger partial charge in [0.1, 0.15) is 23.1 Å². The SMILES string of the molecule is CCc1cnc2sc3ccc(Oc4ccc(NC(=O)Nc5cc(C(C)(C)C)nn5-c5ccc(OC)c(Cl)c5)cc4)cc3n12. The molecule has 0 unspecified atom stereocenters. The highest BCUT2D eigenvalue weighted by Crippen LogP contribution is 2.33. The summed E-state index contributed by atoms with van der Waals surface area (Å²) in [5.74, 6) is 2.44. The van der Waals surface area contributed by atoms with E-state index in [1.165, 1.54) is 0 Å². The first-order valence-electron chi connectivity index (χ1n) is 13.8. The summed E-state index contributed by atoms with van der Waals surface area (Å²) in [6.07, 6.45) is 2.82. The number of thiazole rings is 1. The van der Waals surface area contributed by atoms with Crippen LogP contribution in [0.15, 0.2) is 72.9 Å². The van der Waals surface area contributed by atoms with Gasteiger partial charge in [-0.1, -0.05) is 50.6 Å². The lowest BCUT2D eigenvalue weighted by Crippen LogP contribution is -2.21. The van der Waals surface area contributed by atoms with Gasteiger partial charge in [-0.15, -0.1) is 0 Å². The fourth-order valence-corrected chi connectivity index (χ4v) is 5.96. The molecule has 0 aliphatic rings. The van der Waals surface area contributed by atoms with Crippen LogP contribution in [0.5, 0.6) is 17.2 Å². The Morgan fingerprint density at radius 2 is 1.77 bits per heavy atom. The minimum Gasteiger partial charge on any atom is -0.495 e. The monoisotopic (exact) mass is 614 g/mol. The summed E-state index contributed by atoms with van der Waals surface area (Å²) >= 11 is 8.04. The number of aryl methyl sites for hydroxylation is 1. The van der Waals surface area contributed by atoms with Gasteiger partial charge in [0.05, 0.1) is 39.9 Å². The van der Waals surface area contributed by atoms with E-state index in [9.17, 15) is 4.79 Å². The average molecular weight is 615 g/mol. The van der Waals surface area contributed by atoms with Crippen LogP contribution in [0.25, 0.3) is 20.9 Å². The van der Waals surface area contributed by atoms with Crippen molar-refractivity contribution >= 4 is 55.7 Å². The summed E-state index contributed by atoms with van der Waals surface area (Å²) in [6.45, 7) is 8.31. The number of imidazole rings is 1. The first kappa shape index (κ1) is 28.6. The summed E-state index contributed by atoms with van der Waals surface area (Å²) in [5, 5.41) is 11.0. The van der Waals surface area contributed by atoms with Gasteiger partial charge in [-0.3, -0.25) is 9.72 Å². The Bertz CT molecular complexity index is 1950. The third-order valence-electron chi connectivity index (χ3n) is 6.98. The van der Waals surface area contributed by atoms with Crippen LogP contribution in [-0.4, -0.2) is 32.3 Å². The van der Waals surface area contributed by atoms with Gasteiger partial charge >= 0.3 is 6.03 Å². The van der Waals surface area contributed by atoms with Crippen molar-refractivity contribution in [1.29, 1.82) is 0 Å². The third kappa shape index (κ3) is 5.76. The van der Waals surface area contributed by atoms with Gasteiger partial charge in [-0.05, 0) is 61.0 Å². The molecule has 0 atom stereocenters. The summed E-state index contributed by atoms with van der Waals surface area (Å²) in [6, 6.07) is 20.1. The number of benzene rings is 3. The van der Waals surface area contributed by atoms with Gasteiger partial charge in [-0.25, -0.2) is 14.5 Å². The highest BCUT2D eigenvalue weighted by molar-refractivity contribution is 7.23. The molecule has 0 aliphatic heterocycles. The van der Waals surface area contributed by atoms with Crippen molar-refractivity contribution in [3.63, 3.8) is 0 Å². The van der Waals surface area contributed by atoms with Gasteiger partial charge in [0.2, 0.25) is 0 Å². The predicted molar refractivity (Wildman–Crippen MR) is 173 cm³/mol. The maximum atomic E-state index is 13.1. The number of nitrogens with zero attached hydrogens (tertiary/aromatic N) is 4. The largest absolute Gasteiger partial charge is 0.495 e. The van der Waals surface area contributed by atoms with E-state index in [0.717, 1.165) is 38.7 Å². The lowest BCUT2D eigenvalue weighted by atomic mass is 9.92. The number of anilines is 2. The van der Waals surface area contributed by atoms with E-state index in [2.05, 4.69) is 53.8 Å². The van der Waals surface area contributed by atoms with E-state index in [1.807, 2.05) is 42.6 Å². The minimum absolute atomic E-state index is 0.235.